The van der Waals surface area contributed by atoms with E-state index in [-0.39, 0.29) is 11.2 Å². The average molecular weight is 268 g/mol. The number of rotatable bonds is 4. The van der Waals surface area contributed by atoms with E-state index in [1.54, 1.807) is 0 Å². The minimum Gasteiger partial charge on any atom is -0.368 e. The van der Waals surface area contributed by atoms with E-state index in [1.165, 1.54) is 38.9 Å². The summed E-state index contributed by atoms with van der Waals surface area (Å²) in [5, 5.41) is 3.87. The zero-order valence-corrected chi connectivity index (χ0v) is 13.5. The van der Waals surface area contributed by atoms with Crippen molar-refractivity contribution < 1.29 is 4.74 Å². The van der Waals surface area contributed by atoms with Gasteiger partial charge in [0, 0.05) is 12.1 Å². The molecule has 2 aliphatic heterocycles. The van der Waals surface area contributed by atoms with Crippen molar-refractivity contribution >= 4 is 0 Å². The molecule has 0 saturated carbocycles. The summed E-state index contributed by atoms with van der Waals surface area (Å²) < 4.78 is 6.18. The van der Waals surface area contributed by atoms with Crippen molar-refractivity contribution in [3.8, 4) is 0 Å². The van der Waals surface area contributed by atoms with Crippen LogP contribution in [0.15, 0.2) is 0 Å². The summed E-state index contributed by atoms with van der Waals surface area (Å²) in [5.74, 6) is 0. The summed E-state index contributed by atoms with van der Waals surface area (Å²) in [5.41, 5.74) is -0.0197. The lowest BCUT2D eigenvalue weighted by molar-refractivity contribution is -0.0708. The fourth-order valence-electron chi connectivity index (χ4n) is 3.75. The summed E-state index contributed by atoms with van der Waals surface area (Å²) in [4.78, 5) is 2.60. The minimum absolute atomic E-state index is 0.0179. The van der Waals surface area contributed by atoms with Crippen LogP contribution in [0.5, 0.6) is 0 Å². The highest BCUT2D eigenvalue weighted by molar-refractivity contribution is 5.00. The third kappa shape index (κ3) is 3.93. The number of nitrogens with zero attached hydrogens (tertiary/aromatic N) is 1. The van der Waals surface area contributed by atoms with Crippen molar-refractivity contribution in [3.63, 3.8) is 0 Å². The maximum absolute atomic E-state index is 6.18. The first-order valence-corrected chi connectivity index (χ1v) is 8.01. The Labute approximate surface area is 119 Å². The Kier molecular flexibility index (Phi) is 4.59. The van der Waals surface area contributed by atoms with Crippen LogP contribution in [0.2, 0.25) is 0 Å². The molecule has 0 amide bonds. The number of hydrogen-bond donors (Lipinski definition) is 1. The fraction of sp³-hybridized carbons (Fsp3) is 1.00. The number of likely N-dealkylation sites (tertiary alicyclic amines) is 1. The summed E-state index contributed by atoms with van der Waals surface area (Å²) in [6, 6.07) is 1.17. The van der Waals surface area contributed by atoms with Crippen molar-refractivity contribution in [3.05, 3.63) is 0 Å². The molecule has 0 radical (unpaired) electrons. The van der Waals surface area contributed by atoms with E-state index >= 15 is 0 Å². The van der Waals surface area contributed by atoms with Gasteiger partial charge in [0.1, 0.15) is 0 Å². The molecule has 1 atom stereocenters. The molecular formula is C16H32N2O. The van der Waals surface area contributed by atoms with E-state index in [9.17, 15) is 0 Å². The van der Waals surface area contributed by atoms with Gasteiger partial charge in [-0.3, -0.25) is 0 Å². The Morgan fingerprint density at radius 1 is 1.16 bits per heavy atom. The molecular weight excluding hydrogens is 236 g/mol. The molecule has 0 aromatic carbocycles. The topological polar surface area (TPSA) is 24.5 Å². The molecule has 2 rings (SSSR count). The Bertz CT molecular complexity index is 293. The van der Waals surface area contributed by atoms with E-state index in [2.05, 4.69) is 44.8 Å². The molecule has 0 bridgehead atoms. The van der Waals surface area contributed by atoms with Gasteiger partial charge in [-0.2, -0.15) is 0 Å². The molecule has 0 unspecified atom stereocenters. The zero-order valence-electron chi connectivity index (χ0n) is 13.5. The average Bonchev–Trinajstić information content (AvgIpc) is 2.50. The van der Waals surface area contributed by atoms with Crippen molar-refractivity contribution in [2.24, 2.45) is 0 Å². The third-order valence-electron chi connectivity index (χ3n) is 4.64. The molecule has 2 aliphatic rings. The predicted molar refractivity (Wildman–Crippen MR) is 80.5 cm³/mol. The van der Waals surface area contributed by atoms with Crippen LogP contribution in [0.4, 0.5) is 0 Å². The second-order valence-electron chi connectivity index (χ2n) is 7.50. The molecule has 2 fully saturated rings. The van der Waals surface area contributed by atoms with Gasteiger partial charge in [-0.1, -0.05) is 6.92 Å². The van der Waals surface area contributed by atoms with Crippen LogP contribution >= 0.6 is 0 Å². The maximum atomic E-state index is 6.18. The van der Waals surface area contributed by atoms with E-state index in [4.69, 9.17) is 4.74 Å². The Morgan fingerprint density at radius 2 is 1.79 bits per heavy atom. The van der Waals surface area contributed by atoms with Crippen LogP contribution in [0, 0.1) is 0 Å². The van der Waals surface area contributed by atoms with Gasteiger partial charge in [-0.15, -0.1) is 0 Å². The molecule has 3 nitrogen and oxygen atoms in total. The molecule has 0 aromatic heterocycles. The quantitative estimate of drug-likeness (QED) is 0.848. The summed E-state index contributed by atoms with van der Waals surface area (Å²) >= 11 is 0. The SMILES string of the molecule is CCCN1CCC(N[C@@H]2CC(C)(C)OC2(C)C)CC1. The second-order valence-corrected chi connectivity index (χ2v) is 7.50. The molecule has 0 aliphatic carbocycles. The molecule has 1 N–H and O–H groups in total. The van der Waals surface area contributed by atoms with Crippen molar-refractivity contribution in [1.29, 1.82) is 0 Å². The first-order chi connectivity index (χ1) is 8.82. The first-order valence-electron chi connectivity index (χ1n) is 8.01. The summed E-state index contributed by atoms with van der Waals surface area (Å²) in [7, 11) is 0. The Hall–Kier alpha value is -0.120. The van der Waals surface area contributed by atoms with Crippen molar-refractivity contribution in [2.75, 3.05) is 19.6 Å². The van der Waals surface area contributed by atoms with Crippen molar-refractivity contribution in [2.45, 2.75) is 83.6 Å². The zero-order chi connectivity index (χ0) is 14.1. The number of ether oxygens (including phenoxy) is 1. The highest BCUT2D eigenvalue weighted by Gasteiger charge is 2.46. The van der Waals surface area contributed by atoms with Gasteiger partial charge in [0.2, 0.25) is 0 Å². The predicted octanol–water partition coefficient (Wildman–Crippen LogP) is 2.80. The highest BCUT2D eigenvalue weighted by Crippen LogP contribution is 2.37. The monoisotopic (exact) mass is 268 g/mol. The van der Waals surface area contributed by atoms with Crippen LogP contribution < -0.4 is 5.32 Å². The number of hydrogen-bond acceptors (Lipinski definition) is 3. The smallest absolute Gasteiger partial charge is 0.0787 e. The Morgan fingerprint density at radius 3 is 2.26 bits per heavy atom. The van der Waals surface area contributed by atoms with Gasteiger partial charge in [-0.05, 0) is 73.0 Å². The van der Waals surface area contributed by atoms with Gasteiger partial charge in [0.05, 0.1) is 11.2 Å². The van der Waals surface area contributed by atoms with E-state index in [1.807, 2.05) is 0 Å². The molecule has 0 aromatic rings. The van der Waals surface area contributed by atoms with Crippen molar-refractivity contribution in [1.82, 2.24) is 10.2 Å². The van der Waals surface area contributed by atoms with Crippen LogP contribution in [0.25, 0.3) is 0 Å². The van der Waals surface area contributed by atoms with Crippen LogP contribution in [0.3, 0.4) is 0 Å². The number of piperidine rings is 1. The maximum Gasteiger partial charge on any atom is 0.0787 e. The van der Waals surface area contributed by atoms with Crippen LogP contribution in [-0.4, -0.2) is 47.8 Å². The van der Waals surface area contributed by atoms with E-state index < -0.39 is 0 Å². The molecule has 112 valence electrons. The summed E-state index contributed by atoms with van der Waals surface area (Å²) in [6.07, 6.45) is 4.96. The van der Waals surface area contributed by atoms with Gasteiger partial charge >= 0.3 is 0 Å². The molecule has 0 spiro atoms. The molecule has 2 heterocycles. The van der Waals surface area contributed by atoms with Gasteiger partial charge in [0.15, 0.2) is 0 Å². The molecule has 2 saturated heterocycles. The van der Waals surface area contributed by atoms with Gasteiger partial charge in [0.25, 0.3) is 0 Å². The normalized spacial score (nSPS) is 31.7. The second kappa shape index (κ2) is 5.71. The summed E-state index contributed by atoms with van der Waals surface area (Å²) in [6.45, 7) is 14.9. The molecule has 19 heavy (non-hydrogen) atoms. The molecule has 3 heteroatoms. The van der Waals surface area contributed by atoms with E-state index in [0.717, 1.165) is 6.42 Å². The lowest BCUT2D eigenvalue weighted by Crippen LogP contribution is -2.51. The van der Waals surface area contributed by atoms with E-state index in [0.29, 0.717) is 12.1 Å². The first kappa shape index (κ1) is 15.3. The van der Waals surface area contributed by atoms with Crippen LogP contribution in [0.1, 0.15) is 60.3 Å². The minimum atomic E-state index is -0.0376. The highest BCUT2D eigenvalue weighted by atomic mass is 16.5. The van der Waals surface area contributed by atoms with Crippen LogP contribution in [-0.2, 0) is 4.74 Å². The number of nitrogens with one attached hydrogen (secondary N) is 1. The lowest BCUT2D eigenvalue weighted by Gasteiger charge is -2.36. The fourth-order valence-corrected chi connectivity index (χ4v) is 3.75. The standard InChI is InChI=1S/C16H32N2O/c1-6-9-18-10-7-13(8-11-18)17-14-12-15(2,3)19-16(14,4)5/h13-14,17H,6-12H2,1-5H3/t14-/m1/s1. The van der Waals surface area contributed by atoms with Gasteiger partial charge in [-0.25, -0.2) is 0 Å². The Balaban J connectivity index is 1.83. The third-order valence-corrected chi connectivity index (χ3v) is 4.64. The van der Waals surface area contributed by atoms with Gasteiger partial charge < -0.3 is 15.0 Å². The largest absolute Gasteiger partial charge is 0.368 e. The lowest BCUT2D eigenvalue weighted by atomic mass is 9.92.